The first-order valence-electron chi connectivity index (χ1n) is 12.7. The molecule has 1 aliphatic rings. The van der Waals surface area contributed by atoms with Crippen molar-refractivity contribution in [3.63, 3.8) is 0 Å². The Bertz CT molecular complexity index is 1310. The highest BCUT2D eigenvalue weighted by molar-refractivity contribution is 6.09. The fraction of sp³-hybridized carbons (Fsp3) is 0.367. The van der Waals surface area contributed by atoms with Crippen LogP contribution in [0.5, 0.6) is 11.5 Å². The van der Waals surface area contributed by atoms with Crippen molar-refractivity contribution < 1.29 is 9.47 Å². The molecular weight excluding hydrogens is 420 g/mol. The zero-order valence-corrected chi connectivity index (χ0v) is 20.6. The van der Waals surface area contributed by atoms with Gasteiger partial charge in [0.05, 0.1) is 24.4 Å². The van der Waals surface area contributed by atoms with Crippen LogP contribution < -0.4 is 9.47 Å². The van der Waals surface area contributed by atoms with Crippen molar-refractivity contribution in [1.29, 1.82) is 0 Å². The molecule has 2 heterocycles. The predicted molar refractivity (Wildman–Crippen MR) is 141 cm³/mol. The Balaban J connectivity index is 1.71. The fourth-order valence-corrected chi connectivity index (χ4v) is 5.17. The molecule has 3 aromatic carbocycles. The lowest BCUT2D eigenvalue weighted by atomic mass is 9.89. The zero-order chi connectivity index (χ0) is 23.5. The molecule has 0 saturated carbocycles. The summed E-state index contributed by atoms with van der Waals surface area (Å²) < 4.78 is 11.9. The first-order chi connectivity index (χ1) is 16.7. The summed E-state index contributed by atoms with van der Waals surface area (Å²) in [6, 6.07) is 19.4. The minimum Gasteiger partial charge on any atom is -0.490 e. The molecule has 0 atom stereocenters. The largest absolute Gasteiger partial charge is 0.490 e. The van der Waals surface area contributed by atoms with Crippen molar-refractivity contribution in [2.24, 2.45) is 0 Å². The van der Waals surface area contributed by atoms with E-state index in [4.69, 9.17) is 14.5 Å². The molecule has 1 aromatic heterocycles. The highest BCUT2D eigenvalue weighted by atomic mass is 16.5. The maximum absolute atomic E-state index is 5.98. The average molecular weight is 455 g/mol. The third-order valence-electron chi connectivity index (χ3n) is 6.67. The molecule has 4 nitrogen and oxygen atoms in total. The van der Waals surface area contributed by atoms with Crippen LogP contribution in [-0.2, 0) is 13.0 Å². The smallest absolute Gasteiger partial charge is 0.161 e. The van der Waals surface area contributed by atoms with E-state index in [0.717, 1.165) is 67.2 Å². The van der Waals surface area contributed by atoms with Gasteiger partial charge in [0, 0.05) is 24.0 Å². The van der Waals surface area contributed by atoms with Crippen molar-refractivity contribution in [3.05, 3.63) is 65.7 Å². The van der Waals surface area contributed by atoms with Crippen LogP contribution in [0.1, 0.15) is 44.7 Å². The molecule has 4 heteroatoms. The van der Waals surface area contributed by atoms with Gasteiger partial charge in [-0.25, -0.2) is 4.98 Å². The van der Waals surface area contributed by atoms with E-state index in [1.807, 2.05) is 13.0 Å². The Hall–Kier alpha value is -3.11. The van der Waals surface area contributed by atoms with E-state index >= 15 is 0 Å². The number of fused-ring (bicyclic) bond motifs is 5. The van der Waals surface area contributed by atoms with E-state index in [2.05, 4.69) is 67.3 Å². The minimum absolute atomic E-state index is 0.603. The van der Waals surface area contributed by atoms with Crippen LogP contribution >= 0.6 is 0 Å². The molecule has 176 valence electrons. The fourth-order valence-electron chi connectivity index (χ4n) is 5.17. The highest BCUT2D eigenvalue weighted by Crippen LogP contribution is 2.39. The topological polar surface area (TPSA) is 34.6 Å². The maximum Gasteiger partial charge on any atom is 0.161 e. The molecule has 0 amide bonds. The summed E-state index contributed by atoms with van der Waals surface area (Å²) in [6.45, 7) is 10.8. The van der Waals surface area contributed by atoms with Crippen LogP contribution in [0.2, 0.25) is 0 Å². The van der Waals surface area contributed by atoms with Crippen molar-refractivity contribution in [2.75, 3.05) is 26.3 Å². The van der Waals surface area contributed by atoms with Crippen molar-refractivity contribution in [1.82, 2.24) is 9.88 Å². The van der Waals surface area contributed by atoms with Gasteiger partial charge in [-0.15, -0.1) is 0 Å². The van der Waals surface area contributed by atoms with Crippen LogP contribution in [-0.4, -0.2) is 36.2 Å². The van der Waals surface area contributed by atoms with Crippen molar-refractivity contribution in [3.8, 4) is 22.8 Å². The number of hydrogen-bond acceptors (Lipinski definition) is 4. The van der Waals surface area contributed by atoms with Gasteiger partial charge in [-0.05, 0) is 78.9 Å². The van der Waals surface area contributed by atoms with Crippen LogP contribution in [0, 0.1) is 0 Å². The Morgan fingerprint density at radius 1 is 0.882 bits per heavy atom. The molecule has 0 fully saturated rings. The van der Waals surface area contributed by atoms with E-state index in [1.54, 1.807) is 0 Å². The Morgan fingerprint density at radius 2 is 1.76 bits per heavy atom. The highest BCUT2D eigenvalue weighted by Gasteiger charge is 2.24. The van der Waals surface area contributed by atoms with Crippen LogP contribution in [0.3, 0.4) is 0 Å². The van der Waals surface area contributed by atoms with Gasteiger partial charge in [0.15, 0.2) is 11.5 Å². The van der Waals surface area contributed by atoms with Crippen molar-refractivity contribution >= 4 is 21.7 Å². The minimum atomic E-state index is 0.603. The molecule has 4 aromatic rings. The predicted octanol–water partition coefficient (Wildman–Crippen LogP) is 7.01. The summed E-state index contributed by atoms with van der Waals surface area (Å²) in [7, 11) is 0. The van der Waals surface area contributed by atoms with Gasteiger partial charge in [0.2, 0.25) is 0 Å². The van der Waals surface area contributed by atoms with Gasteiger partial charge in [-0.1, -0.05) is 44.2 Å². The SMILES string of the molecule is CCCOc1ccc(-c2nc3ccc4ccccc4c3c3c2CN(CCC)CC3)cc1OCC. The first kappa shape index (κ1) is 22.7. The summed E-state index contributed by atoms with van der Waals surface area (Å²) in [4.78, 5) is 7.84. The zero-order valence-electron chi connectivity index (χ0n) is 20.6. The summed E-state index contributed by atoms with van der Waals surface area (Å²) in [5, 5.41) is 3.90. The third kappa shape index (κ3) is 4.23. The molecule has 0 aliphatic carbocycles. The number of rotatable bonds is 8. The molecule has 0 N–H and O–H groups in total. The van der Waals surface area contributed by atoms with Crippen LogP contribution in [0.4, 0.5) is 0 Å². The van der Waals surface area contributed by atoms with E-state index < -0.39 is 0 Å². The standard InChI is InChI=1S/C30H34N2O2/c1-4-16-32-17-15-24-25(20-32)30(22-12-14-27(34-18-5-2)28(19-22)33-6-3)31-26-13-11-21-9-7-8-10-23(21)29(24)26/h7-14,19H,4-6,15-18,20H2,1-3H3. The molecule has 1 aliphatic heterocycles. The number of benzene rings is 3. The van der Waals surface area contributed by atoms with Crippen molar-refractivity contribution in [2.45, 2.75) is 46.6 Å². The normalized spacial score (nSPS) is 13.9. The van der Waals surface area contributed by atoms with Gasteiger partial charge in [-0.3, -0.25) is 4.90 Å². The van der Waals surface area contributed by atoms with Crippen LogP contribution in [0.25, 0.3) is 32.9 Å². The monoisotopic (exact) mass is 454 g/mol. The molecule has 0 unspecified atom stereocenters. The summed E-state index contributed by atoms with van der Waals surface area (Å²) in [5.41, 5.74) is 6.04. The lowest BCUT2D eigenvalue weighted by Crippen LogP contribution is -2.32. The Morgan fingerprint density at radius 3 is 2.59 bits per heavy atom. The van der Waals surface area contributed by atoms with E-state index in [9.17, 15) is 0 Å². The summed E-state index contributed by atoms with van der Waals surface area (Å²) in [5.74, 6) is 1.60. The second-order valence-corrected chi connectivity index (χ2v) is 9.07. The van der Waals surface area contributed by atoms with Gasteiger partial charge in [0.1, 0.15) is 0 Å². The summed E-state index contributed by atoms with van der Waals surface area (Å²) >= 11 is 0. The second-order valence-electron chi connectivity index (χ2n) is 9.07. The number of ether oxygens (including phenoxy) is 2. The molecule has 0 radical (unpaired) electrons. The maximum atomic E-state index is 5.98. The molecular formula is C30H34N2O2. The molecule has 0 saturated heterocycles. The number of pyridine rings is 1. The van der Waals surface area contributed by atoms with E-state index in [0.29, 0.717) is 13.2 Å². The third-order valence-corrected chi connectivity index (χ3v) is 6.67. The van der Waals surface area contributed by atoms with Gasteiger partial charge in [0.25, 0.3) is 0 Å². The summed E-state index contributed by atoms with van der Waals surface area (Å²) in [6.07, 6.45) is 3.17. The number of hydrogen-bond donors (Lipinski definition) is 0. The van der Waals surface area contributed by atoms with Gasteiger partial charge < -0.3 is 9.47 Å². The quantitative estimate of drug-likeness (QED) is 0.268. The number of aromatic nitrogens is 1. The van der Waals surface area contributed by atoms with E-state index in [-0.39, 0.29) is 0 Å². The first-order valence-corrected chi connectivity index (χ1v) is 12.7. The Labute approximate surface area is 202 Å². The number of nitrogens with zero attached hydrogens (tertiary/aromatic N) is 2. The lowest BCUT2D eigenvalue weighted by molar-refractivity contribution is 0.255. The Kier molecular flexibility index (Phi) is 6.68. The van der Waals surface area contributed by atoms with Crippen LogP contribution in [0.15, 0.2) is 54.6 Å². The molecule has 0 bridgehead atoms. The van der Waals surface area contributed by atoms with E-state index in [1.165, 1.54) is 27.3 Å². The second kappa shape index (κ2) is 10.0. The lowest BCUT2D eigenvalue weighted by Gasteiger charge is -2.31. The molecule has 34 heavy (non-hydrogen) atoms. The van der Waals surface area contributed by atoms with Gasteiger partial charge in [-0.2, -0.15) is 0 Å². The average Bonchev–Trinajstić information content (AvgIpc) is 2.87. The molecule has 0 spiro atoms. The van der Waals surface area contributed by atoms with Gasteiger partial charge >= 0.3 is 0 Å². The molecule has 5 rings (SSSR count).